The number of rotatable bonds is 6. The van der Waals surface area contributed by atoms with Gasteiger partial charge in [0.25, 0.3) is 5.91 Å². The molecular formula is C19H19NO4. The minimum absolute atomic E-state index is 0.0148. The molecule has 0 saturated carbocycles. The molecule has 0 heterocycles. The van der Waals surface area contributed by atoms with Crippen molar-refractivity contribution in [3.63, 3.8) is 0 Å². The zero-order valence-electron chi connectivity index (χ0n) is 13.5. The van der Waals surface area contributed by atoms with Crippen LogP contribution in [0.1, 0.15) is 29.8 Å². The van der Waals surface area contributed by atoms with E-state index in [2.05, 4.69) is 5.32 Å². The van der Waals surface area contributed by atoms with Crippen molar-refractivity contribution < 1.29 is 19.4 Å². The maximum absolute atomic E-state index is 12.1. The largest absolute Gasteiger partial charge is 0.491 e. The number of nitrogens with one attached hydrogen (secondary N) is 1. The first-order valence-corrected chi connectivity index (χ1v) is 7.54. The van der Waals surface area contributed by atoms with Gasteiger partial charge in [-0.25, -0.2) is 4.79 Å². The molecule has 0 aliphatic heterocycles. The van der Waals surface area contributed by atoms with E-state index >= 15 is 0 Å². The van der Waals surface area contributed by atoms with Gasteiger partial charge in [-0.15, -0.1) is 0 Å². The summed E-state index contributed by atoms with van der Waals surface area (Å²) >= 11 is 0. The third kappa shape index (κ3) is 4.98. The van der Waals surface area contributed by atoms with E-state index in [-0.39, 0.29) is 11.8 Å². The maximum atomic E-state index is 12.1. The highest BCUT2D eigenvalue weighted by molar-refractivity contribution is 6.02. The summed E-state index contributed by atoms with van der Waals surface area (Å²) < 4.78 is 5.58. The molecule has 0 unspecified atom stereocenters. The Morgan fingerprint density at radius 1 is 1.08 bits per heavy atom. The van der Waals surface area contributed by atoms with E-state index in [9.17, 15) is 14.7 Å². The summed E-state index contributed by atoms with van der Waals surface area (Å²) in [6, 6.07) is 15.5. The van der Waals surface area contributed by atoms with Crippen molar-refractivity contribution in [2.75, 3.05) is 0 Å². The van der Waals surface area contributed by atoms with Crippen LogP contribution in [0.2, 0.25) is 0 Å². The Kier molecular flexibility index (Phi) is 5.73. The highest BCUT2D eigenvalue weighted by atomic mass is 16.5. The van der Waals surface area contributed by atoms with Gasteiger partial charge in [-0.2, -0.15) is 0 Å². The molecule has 0 bridgehead atoms. The van der Waals surface area contributed by atoms with Gasteiger partial charge in [0.1, 0.15) is 11.4 Å². The summed E-state index contributed by atoms with van der Waals surface area (Å²) in [7, 11) is 0. The lowest BCUT2D eigenvalue weighted by Crippen LogP contribution is -2.27. The molecule has 0 aliphatic rings. The molecule has 24 heavy (non-hydrogen) atoms. The molecule has 0 spiro atoms. The first kappa shape index (κ1) is 17.3. The van der Waals surface area contributed by atoms with Crippen LogP contribution in [0, 0.1) is 0 Å². The van der Waals surface area contributed by atoms with Crippen molar-refractivity contribution in [1.82, 2.24) is 5.32 Å². The van der Waals surface area contributed by atoms with Crippen LogP contribution < -0.4 is 10.1 Å². The van der Waals surface area contributed by atoms with Crippen LogP contribution in [-0.4, -0.2) is 23.1 Å². The lowest BCUT2D eigenvalue weighted by molar-refractivity contribution is -0.132. The van der Waals surface area contributed by atoms with Gasteiger partial charge < -0.3 is 15.2 Å². The highest BCUT2D eigenvalue weighted by Crippen LogP contribution is 2.17. The quantitative estimate of drug-likeness (QED) is 0.799. The summed E-state index contributed by atoms with van der Waals surface area (Å²) in [5.74, 6) is -1.05. The Hall–Kier alpha value is -3.08. The second-order valence-electron chi connectivity index (χ2n) is 5.42. The molecule has 0 atom stereocenters. The first-order chi connectivity index (χ1) is 11.5. The first-order valence-electron chi connectivity index (χ1n) is 7.54. The van der Waals surface area contributed by atoms with E-state index in [4.69, 9.17) is 4.74 Å². The molecule has 2 aromatic rings. The average molecular weight is 325 g/mol. The second kappa shape index (κ2) is 7.97. The topological polar surface area (TPSA) is 75.6 Å². The predicted molar refractivity (Wildman–Crippen MR) is 91.7 cm³/mol. The molecule has 5 heteroatoms. The van der Waals surface area contributed by atoms with E-state index in [0.29, 0.717) is 16.9 Å². The Bertz CT molecular complexity index is 751. The minimum atomic E-state index is -1.21. The van der Waals surface area contributed by atoms with Gasteiger partial charge in [-0.05, 0) is 49.8 Å². The summed E-state index contributed by atoms with van der Waals surface area (Å²) in [6.45, 7) is 3.82. The number of hydrogen-bond donors (Lipinski definition) is 2. The molecule has 0 aliphatic carbocycles. The summed E-state index contributed by atoms with van der Waals surface area (Å²) in [4.78, 5) is 23.5. The van der Waals surface area contributed by atoms with Crippen LogP contribution in [0.4, 0.5) is 0 Å². The Morgan fingerprint density at radius 2 is 1.79 bits per heavy atom. The van der Waals surface area contributed by atoms with E-state index in [1.54, 1.807) is 54.6 Å². The average Bonchev–Trinajstić information content (AvgIpc) is 2.54. The molecule has 0 aromatic heterocycles. The maximum Gasteiger partial charge on any atom is 0.352 e. The molecule has 0 fully saturated rings. The molecule has 124 valence electrons. The third-order valence-corrected chi connectivity index (χ3v) is 3.06. The summed E-state index contributed by atoms with van der Waals surface area (Å²) in [6.07, 6.45) is 1.41. The molecule has 5 nitrogen and oxygen atoms in total. The molecule has 0 saturated heterocycles. The summed E-state index contributed by atoms with van der Waals surface area (Å²) in [5.41, 5.74) is 0.811. The fourth-order valence-electron chi connectivity index (χ4n) is 2.05. The number of aliphatic carboxylic acids is 1. The van der Waals surface area contributed by atoms with E-state index in [1.165, 1.54) is 6.08 Å². The van der Waals surface area contributed by atoms with Crippen LogP contribution in [0.5, 0.6) is 5.75 Å². The van der Waals surface area contributed by atoms with E-state index in [1.807, 2.05) is 13.8 Å². The van der Waals surface area contributed by atoms with Crippen molar-refractivity contribution in [2.24, 2.45) is 0 Å². The Balaban J connectivity index is 2.22. The lowest BCUT2D eigenvalue weighted by atomic mass is 10.1. The Labute approximate surface area is 140 Å². The molecule has 0 radical (unpaired) electrons. The van der Waals surface area contributed by atoms with Gasteiger partial charge in [0.05, 0.1) is 6.10 Å². The van der Waals surface area contributed by atoms with Gasteiger partial charge in [0.2, 0.25) is 0 Å². The van der Waals surface area contributed by atoms with Crippen molar-refractivity contribution in [1.29, 1.82) is 0 Å². The standard InChI is InChI=1S/C19H19NO4/c1-13(2)24-16-10-6-7-14(11-16)12-17(19(22)23)20-18(21)15-8-4-3-5-9-15/h3-13H,1-2H3,(H,20,21)(H,22,23)/b17-12+. The monoisotopic (exact) mass is 325 g/mol. The number of amides is 1. The summed E-state index contributed by atoms with van der Waals surface area (Å²) in [5, 5.41) is 11.8. The minimum Gasteiger partial charge on any atom is -0.491 e. The van der Waals surface area contributed by atoms with Crippen LogP contribution in [0.3, 0.4) is 0 Å². The fraction of sp³-hybridized carbons (Fsp3) is 0.158. The van der Waals surface area contributed by atoms with Crippen molar-refractivity contribution in [3.05, 3.63) is 71.4 Å². The molecular weight excluding hydrogens is 306 g/mol. The van der Waals surface area contributed by atoms with E-state index in [0.717, 1.165) is 0 Å². The number of carbonyl (C=O) groups is 2. The van der Waals surface area contributed by atoms with Crippen LogP contribution in [-0.2, 0) is 4.79 Å². The van der Waals surface area contributed by atoms with Crippen LogP contribution >= 0.6 is 0 Å². The fourth-order valence-corrected chi connectivity index (χ4v) is 2.05. The van der Waals surface area contributed by atoms with Gasteiger partial charge in [-0.3, -0.25) is 4.79 Å². The van der Waals surface area contributed by atoms with Gasteiger partial charge in [0, 0.05) is 5.56 Å². The number of carboxylic acids is 1. The van der Waals surface area contributed by atoms with Crippen molar-refractivity contribution in [3.8, 4) is 5.75 Å². The van der Waals surface area contributed by atoms with Crippen LogP contribution in [0.25, 0.3) is 6.08 Å². The molecule has 2 N–H and O–H groups in total. The normalized spacial score (nSPS) is 11.2. The van der Waals surface area contributed by atoms with Gasteiger partial charge in [-0.1, -0.05) is 30.3 Å². The number of carbonyl (C=O) groups excluding carboxylic acids is 1. The number of carboxylic acid groups (broad SMARTS) is 1. The zero-order chi connectivity index (χ0) is 17.5. The number of hydrogen-bond acceptors (Lipinski definition) is 3. The third-order valence-electron chi connectivity index (χ3n) is 3.06. The van der Waals surface area contributed by atoms with Gasteiger partial charge >= 0.3 is 5.97 Å². The van der Waals surface area contributed by atoms with Crippen LogP contribution in [0.15, 0.2) is 60.3 Å². The zero-order valence-corrected chi connectivity index (χ0v) is 13.5. The molecule has 1 amide bonds. The Morgan fingerprint density at radius 3 is 2.42 bits per heavy atom. The lowest BCUT2D eigenvalue weighted by Gasteiger charge is -2.10. The van der Waals surface area contributed by atoms with Crippen molar-refractivity contribution >= 4 is 18.0 Å². The second-order valence-corrected chi connectivity index (χ2v) is 5.42. The van der Waals surface area contributed by atoms with Crippen molar-refractivity contribution in [2.45, 2.75) is 20.0 Å². The number of benzene rings is 2. The predicted octanol–water partition coefficient (Wildman–Crippen LogP) is 3.33. The smallest absolute Gasteiger partial charge is 0.352 e. The SMILES string of the molecule is CC(C)Oc1cccc(/C=C(/NC(=O)c2ccccc2)C(=O)O)c1. The van der Waals surface area contributed by atoms with Gasteiger partial charge in [0.15, 0.2) is 0 Å². The van der Waals surface area contributed by atoms with E-state index < -0.39 is 11.9 Å². The number of ether oxygens (including phenoxy) is 1. The highest BCUT2D eigenvalue weighted by Gasteiger charge is 2.13. The molecule has 2 aromatic carbocycles. The molecule has 2 rings (SSSR count).